The van der Waals surface area contributed by atoms with Gasteiger partial charge in [0, 0.05) is 25.1 Å². The molecule has 2 aromatic carbocycles. The zero-order chi connectivity index (χ0) is 18.2. The van der Waals surface area contributed by atoms with Gasteiger partial charge in [0.1, 0.15) is 11.6 Å². The number of nitrogens with one attached hydrogen (secondary N) is 1. The number of fused-ring (bicyclic) bond motifs is 1. The Morgan fingerprint density at radius 3 is 2.58 bits per heavy atom. The number of aliphatic hydroxyl groups excluding tert-OH is 1. The molecule has 1 heterocycles. The SMILES string of the molecule is COc1ccc(CNc2ccc3cc(COCCCO)ccc3n2)cc1. The van der Waals surface area contributed by atoms with Crippen molar-refractivity contribution in [2.24, 2.45) is 0 Å². The van der Waals surface area contributed by atoms with Crippen LogP contribution in [0, 0.1) is 0 Å². The van der Waals surface area contributed by atoms with Gasteiger partial charge in [0.05, 0.1) is 19.2 Å². The highest BCUT2D eigenvalue weighted by molar-refractivity contribution is 5.80. The van der Waals surface area contributed by atoms with Crippen LogP contribution in [-0.4, -0.2) is 30.4 Å². The molecule has 0 aliphatic rings. The lowest BCUT2D eigenvalue weighted by molar-refractivity contribution is 0.104. The smallest absolute Gasteiger partial charge is 0.126 e. The van der Waals surface area contributed by atoms with Crippen LogP contribution in [-0.2, 0) is 17.9 Å². The maximum atomic E-state index is 8.77. The third-order valence-corrected chi connectivity index (χ3v) is 4.10. The van der Waals surface area contributed by atoms with Gasteiger partial charge in [-0.2, -0.15) is 0 Å². The lowest BCUT2D eigenvalue weighted by Crippen LogP contribution is -2.01. The van der Waals surface area contributed by atoms with Gasteiger partial charge >= 0.3 is 0 Å². The van der Waals surface area contributed by atoms with Gasteiger partial charge in [-0.3, -0.25) is 0 Å². The molecule has 0 aliphatic carbocycles. The number of ether oxygens (including phenoxy) is 2. The summed E-state index contributed by atoms with van der Waals surface area (Å²) in [6, 6.07) is 18.2. The van der Waals surface area contributed by atoms with E-state index >= 15 is 0 Å². The summed E-state index contributed by atoms with van der Waals surface area (Å²) in [7, 11) is 1.67. The van der Waals surface area contributed by atoms with E-state index in [0.29, 0.717) is 26.2 Å². The number of pyridine rings is 1. The van der Waals surface area contributed by atoms with E-state index in [0.717, 1.165) is 28.0 Å². The molecule has 0 amide bonds. The third kappa shape index (κ3) is 4.94. The standard InChI is InChI=1S/C21H24N2O3/c1-25-19-7-3-16(4-8-19)14-22-21-10-6-18-13-17(5-9-20(18)23-21)15-26-12-2-11-24/h3-10,13,24H,2,11-12,14-15H2,1H3,(H,22,23). The Morgan fingerprint density at radius 2 is 1.81 bits per heavy atom. The molecule has 5 heteroatoms. The van der Waals surface area contributed by atoms with Gasteiger partial charge in [-0.25, -0.2) is 4.98 Å². The highest BCUT2D eigenvalue weighted by Gasteiger charge is 2.02. The number of aromatic nitrogens is 1. The number of rotatable bonds is 9. The third-order valence-electron chi connectivity index (χ3n) is 4.10. The Labute approximate surface area is 153 Å². The molecular formula is C21H24N2O3. The average molecular weight is 352 g/mol. The van der Waals surface area contributed by atoms with Crippen LogP contribution in [0.15, 0.2) is 54.6 Å². The van der Waals surface area contributed by atoms with E-state index in [4.69, 9.17) is 14.6 Å². The first-order valence-electron chi connectivity index (χ1n) is 8.73. The van der Waals surface area contributed by atoms with Crippen molar-refractivity contribution in [2.75, 3.05) is 25.6 Å². The predicted octanol–water partition coefficient (Wildman–Crippen LogP) is 3.75. The second-order valence-electron chi connectivity index (χ2n) is 6.05. The minimum atomic E-state index is 0.161. The fraction of sp³-hybridized carbons (Fsp3) is 0.286. The van der Waals surface area contributed by atoms with Crippen molar-refractivity contribution in [1.29, 1.82) is 0 Å². The van der Waals surface area contributed by atoms with Crippen LogP contribution in [0.2, 0.25) is 0 Å². The molecule has 136 valence electrons. The zero-order valence-corrected chi connectivity index (χ0v) is 14.9. The van der Waals surface area contributed by atoms with Crippen molar-refractivity contribution >= 4 is 16.7 Å². The maximum Gasteiger partial charge on any atom is 0.126 e. The summed E-state index contributed by atoms with van der Waals surface area (Å²) in [5.41, 5.74) is 3.23. The van der Waals surface area contributed by atoms with E-state index in [1.54, 1.807) is 7.11 Å². The summed E-state index contributed by atoms with van der Waals surface area (Å²) >= 11 is 0. The van der Waals surface area contributed by atoms with Crippen molar-refractivity contribution in [3.8, 4) is 5.75 Å². The van der Waals surface area contributed by atoms with Gasteiger partial charge in [-0.1, -0.05) is 18.2 Å². The number of hydrogen-bond donors (Lipinski definition) is 2. The van der Waals surface area contributed by atoms with Crippen LogP contribution in [0.5, 0.6) is 5.75 Å². The minimum Gasteiger partial charge on any atom is -0.497 e. The van der Waals surface area contributed by atoms with E-state index in [9.17, 15) is 0 Å². The van der Waals surface area contributed by atoms with Gasteiger partial charge in [-0.05, 0) is 53.9 Å². The van der Waals surface area contributed by atoms with Crippen LogP contribution in [0.25, 0.3) is 10.9 Å². The molecule has 3 aromatic rings. The van der Waals surface area contributed by atoms with Gasteiger partial charge in [-0.15, -0.1) is 0 Å². The number of nitrogens with zero attached hydrogens (tertiary/aromatic N) is 1. The quantitative estimate of drug-likeness (QED) is 0.574. The molecular weight excluding hydrogens is 328 g/mol. The van der Waals surface area contributed by atoms with Crippen molar-refractivity contribution < 1.29 is 14.6 Å². The van der Waals surface area contributed by atoms with Crippen LogP contribution in [0.1, 0.15) is 17.5 Å². The number of benzene rings is 2. The first-order chi connectivity index (χ1) is 12.8. The fourth-order valence-corrected chi connectivity index (χ4v) is 2.66. The lowest BCUT2D eigenvalue weighted by atomic mass is 10.1. The summed E-state index contributed by atoms with van der Waals surface area (Å²) in [6.45, 7) is 1.99. The summed E-state index contributed by atoms with van der Waals surface area (Å²) in [5, 5.41) is 13.2. The summed E-state index contributed by atoms with van der Waals surface area (Å²) in [5.74, 6) is 1.70. The first-order valence-corrected chi connectivity index (χ1v) is 8.73. The molecule has 0 unspecified atom stereocenters. The van der Waals surface area contributed by atoms with Crippen molar-refractivity contribution in [2.45, 2.75) is 19.6 Å². The van der Waals surface area contributed by atoms with Crippen LogP contribution < -0.4 is 10.1 Å². The number of hydrogen-bond acceptors (Lipinski definition) is 5. The monoisotopic (exact) mass is 352 g/mol. The highest BCUT2D eigenvalue weighted by Crippen LogP contribution is 2.19. The molecule has 2 N–H and O–H groups in total. The molecule has 0 bridgehead atoms. The number of methoxy groups -OCH3 is 1. The van der Waals surface area contributed by atoms with Crippen LogP contribution in [0.4, 0.5) is 5.82 Å². The molecule has 0 aliphatic heterocycles. The Morgan fingerprint density at radius 1 is 1.00 bits per heavy atom. The second kappa shape index (κ2) is 9.17. The molecule has 0 fully saturated rings. The summed E-state index contributed by atoms with van der Waals surface area (Å²) < 4.78 is 10.7. The van der Waals surface area contributed by atoms with Crippen molar-refractivity contribution in [1.82, 2.24) is 4.98 Å². The Balaban J connectivity index is 1.61. The molecule has 0 saturated heterocycles. The molecule has 0 saturated carbocycles. The fourth-order valence-electron chi connectivity index (χ4n) is 2.66. The van der Waals surface area contributed by atoms with Crippen molar-refractivity contribution in [3.05, 3.63) is 65.7 Å². The van der Waals surface area contributed by atoms with Gasteiger partial charge in [0.15, 0.2) is 0 Å². The molecule has 3 rings (SSSR count). The minimum absolute atomic E-state index is 0.161. The van der Waals surface area contributed by atoms with Crippen LogP contribution in [0.3, 0.4) is 0 Å². The first kappa shape index (κ1) is 18.2. The molecule has 0 spiro atoms. The van der Waals surface area contributed by atoms with E-state index < -0.39 is 0 Å². The van der Waals surface area contributed by atoms with E-state index in [1.165, 1.54) is 5.56 Å². The predicted molar refractivity (Wildman–Crippen MR) is 103 cm³/mol. The molecule has 26 heavy (non-hydrogen) atoms. The average Bonchev–Trinajstić information content (AvgIpc) is 2.70. The second-order valence-corrected chi connectivity index (χ2v) is 6.05. The van der Waals surface area contributed by atoms with E-state index in [1.807, 2.05) is 42.5 Å². The Hall–Kier alpha value is -2.63. The summed E-state index contributed by atoms with van der Waals surface area (Å²) in [4.78, 5) is 4.67. The highest BCUT2D eigenvalue weighted by atomic mass is 16.5. The van der Waals surface area contributed by atoms with Crippen LogP contribution >= 0.6 is 0 Å². The summed E-state index contributed by atoms with van der Waals surface area (Å²) in [6.07, 6.45) is 0.665. The Kier molecular flexibility index (Phi) is 6.41. The Bertz CT molecular complexity index is 834. The maximum absolute atomic E-state index is 8.77. The van der Waals surface area contributed by atoms with Gasteiger partial charge in [0.2, 0.25) is 0 Å². The number of aliphatic hydroxyl groups is 1. The van der Waals surface area contributed by atoms with Gasteiger partial charge < -0.3 is 19.9 Å². The van der Waals surface area contributed by atoms with E-state index in [-0.39, 0.29) is 6.61 Å². The normalized spacial score (nSPS) is 10.8. The molecule has 0 radical (unpaired) electrons. The zero-order valence-electron chi connectivity index (χ0n) is 14.9. The van der Waals surface area contributed by atoms with E-state index in [2.05, 4.69) is 22.4 Å². The topological polar surface area (TPSA) is 63.6 Å². The number of anilines is 1. The largest absolute Gasteiger partial charge is 0.497 e. The molecule has 1 aromatic heterocycles. The van der Waals surface area contributed by atoms with Crippen molar-refractivity contribution in [3.63, 3.8) is 0 Å². The molecule has 5 nitrogen and oxygen atoms in total. The lowest BCUT2D eigenvalue weighted by Gasteiger charge is -2.09. The molecule has 0 atom stereocenters. The van der Waals surface area contributed by atoms with Gasteiger partial charge in [0.25, 0.3) is 0 Å².